The average molecular weight is 349 g/mol. The van der Waals surface area contributed by atoms with Gasteiger partial charge in [-0.2, -0.15) is 0 Å². The van der Waals surface area contributed by atoms with Gasteiger partial charge >= 0.3 is 0 Å². The van der Waals surface area contributed by atoms with Gasteiger partial charge in [0.2, 0.25) is 0 Å². The maximum absolute atomic E-state index is 3.93. The second-order valence-electron chi connectivity index (χ2n) is 7.88. The van der Waals surface area contributed by atoms with Crippen LogP contribution in [-0.2, 0) is 0 Å². The first-order valence-electron chi connectivity index (χ1n) is 11.6. The molecular formula is C25H48. The zero-order chi connectivity index (χ0) is 18.4. The van der Waals surface area contributed by atoms with Gasteiger partial charge in [-0.3, -0.25) is 0 Å². The topological polar surface area (TPSA) is 0 Å². The van der Waals surface area contributed by atoms with Crippen molar-refractivity contribution in [1.82, 2.24) is 0 Å². The lowest BCUT2D eigenvalue weighted by atomic mass is 9.90. The number of hydrogen-bond acceptors (Lipinski definition) is 0. The Hall–Kier alpha value is -0.260. The molecule has 1 unspecified atom stereocenters. The molecule has 0 rings (SSSR count). The predicted octanol–water partition coefficient (Wildman–Crippen LogP) is 9.26. The van der Waals surface area contributed by atoms with Crippen molar-refractivity contribution in [2.24, 2.45) is 5.92 Å². The minimum Gasteiger partial charge on any atom is -0.0885 e. The molecule has 0 amide bonds. The maximum atomic E-state index is 3.93. The maximum Gasteiger partial charge on any atom is -0.0351 e. The molecule has 0 nitrogen and oxygen atoms in total. The standard InChI is InChI=1S/C25H48/c1-4-7-10-12-14-15-16-17-19-21-24-25(22-9-6-3)23-20-18-13-11-8-5-2/h16-17,25H,1-2,4-15,18-24H2,3H3/b17-16+. The summed E-state index contributed by atoms with van der Waals surface area (Å²) in [6, 6.07) is 0. The monoisotopic (exact) mass is 348 g/mol. The Morgan fingerprint density at radius 1 is 0.560 bits per heavy atom. The summed E-state index contributed by atoms with van der Waals surface area (Å²) in [4.78, 5) is 0. The van der Waals surface area contributed by atoms with Crippen LogP contribution in [0.15, 0.2) is 12.2 Å². The molecule has 0 bridgehead atoms. The summed E-state index contributed by atoms with van der Waals surface area (Å²) < 4.78 is 0. The van der Waals surface area contributed by atoms with Crippen LogP contribution in [0.3, 0.4) is 0 Å². The molecule has 0 aliphatic carbocycles. The molecule has 0 spiro atoms. The molecule has 0 fully saturated rings. The van der Waals surface area contributed by atoms with E-state index in [9.17, 15) is 0 Å². The van der Waals surface area contributed by atoms with Crippen LogP contribution >= 0.6 is 0 Å². The van der Waals surface area contributed by atoms with Crippen LogP contribution in [0, 0.1) is 19.8 Å². The third kappa shape index (κ3) is 19.9. The van der Waals surface area contributed by atoms with Gasteiger partial charge in [0, 0.05) is 0 Å². The summed E-state index contributed by atoms with van der Waals surface area (Å²) in [5.41, 5.74) is 0. The highest BCUT2D eigenvalue weighted by Gasteiger charge is 2.07. The first kappa shape index (κ1) is 24.7. The number of unbranched alkanes of at least 4 members (excludes halogenated alkanes) is 12. The van der Waals surface area contributed by atoms with Gasteiger partial charge in [-0.15, -0.1) is 0 Å². The van der Waals surface area contributed by atoms with E-state index in [4.69, 9.17) is 0 Å². The fourth-order valence-corrected chi connectivity index (χ4v) is 3.62. The first-order chi connectivity index (χ1) is 12.3. The van der Waals surface area contributed by atoms with Crippen molar-refractivity contribution in [3.63, 3.8) is 0 Å². The minimum atomic E-state index is 0.990. The Kier molecular flexibility index (Phi) is 21.6. The molecule has 0 aliphatic heterocycles. The van der Waals surface area contributed by atoms with Gasteiger partial charge in [-0.1, -0.05) is 129 Å². The van der Waals surface area contributed by atoms with E-state index in [0.29, 0.717) is 0 Å². The van der Waals surface area contributed by atoms with Crippen molar-refractivity contribution in [2.45, 2.75) is 129 Å². The highest BCUT2D eigenvalue weighted by molar-refractivity contribution is 4.81. The van der Waals surface area contributed by atoms with E-state index in [0.717, 1.165) is 18.8 Å². The molecule has 2 radical (unpaired) electrons. The fourth-order valence-electron chi connectivity index (χ4n) is 3.62. The molecule has 25 heavy (non-hydrogen) atoms. The van der Waals surface area contributed by atoms with Gasteiger partial charge in [0.05, 0.1) is 0 Å². The molecule has 0 aliphatic rings. The van der Waals surface area contributed by atoms with Gasteiger partial charge in [0.15, 0.2) is 0 Å². The Morgan fingerprint density at radius 3 is 1.68 bits per heavy atom. The Bertz CT molecular complexity index is 253. The van der Waals surface area contributed by atoms with Gasteiger partial charge in [0.1, 0.15) is 0 Å². The molecule has 0 heteroatoms. The Morgan fingerprint density at radius 2 is 1.04 bits per heavy atom. The smallest absolute Gasteiger partial charge is 0.0351 e. The second kappa shape index (κ2) is 21.8. The molecular weight excluding hydrogens is 300 g/mol. The largest absolute Gasteiger partial charge is 0.0885 e. The van der Waals surface area contributed by atoms with Crippen molar-refractivity contribution >= 4 is 0 Å². The van der Waals surface area contributed by atoms with E-state index in [1.165, 1.54) is 109 Å². The molecule has 0 aromatic carbocycles. The van der Waals surface area contributed by atoms with E-state index in [2.05, 4.69) is 32.9 Å². The zero-order valence-corrected chi connectivity index (χ0v) is 17.6. The van der Waals surface area contributed by atoms with Crippen molar-refractivity contribution in [3.05, 3.63) is 26.0 Å². The predicted molar refractivity (Wildman–Crippen MR) is 117 cm³/mol. The Balaban J connectivity index is 3.63. The highest BCUT2D eigenvalue weighted by Crippen LogP contribution is 2.23. The zero-order valence-electron chi connectivity index (χ0n) is 17.6. The van der Waals surface area contributed by atoms with E-state index in [1.807, 2.05) is 0 Å². The van der Waals surface area contributed by atoms with E-state index in [1.54, 1.807) is 0 Å². The first-order valence-corrected chi connectivity index (χ1v) is 11.6. The van der Waals surface area contributed by atoms with Crippen LogP contribution < -0.4 is 0 Å². The van der Waals surface area contributed by atoms with Crippen LogP contribution in [0.5, 0.6) is 0 Å². The molecule has 148 valence electrons. The molecule has 0 heterocycles. The van der Waals surface area contributed by atoms with Gasteiger partial charge < -0.3 is 0 Å². The number of allylic oxidation sites excluding steroid dienone is 2. The van der Waals surface area contributed by atoms with Crippen LogP contribution in [0.2, 0.25) is 0 Å². The van der Waals surface area contributed by atoms with Crippen molar-refractivity contribution < 1.29 is 0 Å². The second-order valence-corrected chi connectivity index (χ2v) is 7.88. The molecule has 1 atom stereocenters. The van der Waals surface area contributed by atoms with Gasteiger partial charge in [-0.25, -0.2) is 0 Å². The lowest BCUT2D eigenvalue weighted by Crippen LogP contribution is -2.01. The van der Waals surface area contributed by atoms with Crippen LogP contribution in [0.4, 0.5) is 0 Å². The van der Waals surface area contributed by atoms with Gasteiger partial charge in [0.25, 0.3) is 0 Å². The molecule has 0 saturated heterocycles. The summed E-state index contributed by atoms with van der Waals surface area (Å²) in [6.45, 7) is 10.2. The molecule has 0 saturated carbocycles. The molecule has 0 aromatic heterocycles. The molecule has 0 N–H and O–H groups in total. The Labute approximate surface area is 161 Å². The van der Waals surface area contributed by atoms with Crippen molar-refractivity contribution in [1.29, 1.82) is 0 Å². The van der Waals surface area contributed by atoms with E-state index < -0.39 is 0 Å². The number of hydrogen-bond donors (Lipinski definition) is 0. The third-order valence-electron chi connectivity index (χ3n) is 5.35. The van der Waals surface area contributed by atoms with Crippen LogP contribution in [-0.4, -0.2) is 0 Å². The average Bonchev–Trinajstić information content (AvgIpc) is 2.63. The number of rotatable bonds is 20. The van der Waals surface area contributed by atoms with E-state index >= 15 is 0 Å². The third-order valence-corrected chi connectivity index (χ3v) is 5.35. The van der Waals surface area contributed by atoms with Crippen molar-refractivity contribution in [2.75, 3.05) is 0 Å². The molecule has 0 aromatic rings. The lowest BCUT2D eigenvalue weighted by Gasteiger charge is -2.16. The van der Waals surface area contributed by atoms with Crippen LogP contribution in [0.1, 0.15) is 129 Å². The summed E-state index contributed by atoms with van der Waals surface area (Å²) in [6.07, 6.45) is 30.7. The normalized spacial score (nSPS) is 12.9. The van der Waals surface area contributed by atoms with Crippen molar-refractivity contribution in [3.8, 4) is 0 Å². The minimum absolute atomic E-state index is 0.990. The summed E-state index contributed by atoms with van der Waals surface area (Å²) in [7, 11) is 0. The SMILES string of the molecule is [CH2]CCCCCC/C=C/CCCC(CCCC)CCCCCCC[CH2]. The summed E-state index contributed by atoms with van der Waals surface area (Å²) in [5, 5.41) is 0. The van der Waals surface area contributed by atoms with E-state index in [-0.39, 0.29) is 0 Å². The highest BCUT2D eigenvalue weighted by atomic mass is 14.1. The quantitative estimate of drug-likeness (QED) is 0.152. The summed E-state index contributed by atoms with van der Waals surface area (Å²) in [5.74, 6) is 0.990. The summed E-state index contributed by atoms with van der Waals surface area (Å²) >= 11 is 0. The lowest BCUT2D eigenvalue weighted by molar-refractivity contribution is 0.379. The van der Waals surface area contributed by atoms with Gasteiger partial charge in [-0.05, 0) is 31.6 Å². The fraction of sp³-hybridized carbons (Fsp3) is 0.840. The van der Waals surface area contributed by atoms with Crippen LogP contribution in [0.25, 0.3) is 0 Å².